The Bertz CT molecular complexity index is 798. The van der Waals surface area contributed by atoms with Gasteiger partial charge in [-0.15, -0.1) is 0 Å². The van der Waals surface area contributed by atoms with Gasteiger partial charge in [0.15, 0.2) is 0 Å². The van der Waals surface area contributed by atoms with E-state index in [0.717, 1.165) is 19.0 Å². The highest BCUT2D eigenvalue weighted by Crippen LogP contribution is 2.31. The standard InChI is InChI=1S/C24H37N3O5/c1-16-11-27(12-18-6-7-18)17(2)14-32-21-9-8-19(25-23(28)15-30-4)10-20(21)24(29)26(3)13-22(16)31-5/h8-10,16-18,22H,6-7,11-15H2,1-5H3,(H,25,28)/t16-,17-,22-/m1/s1. The lowest BCUT2D eigenvalue weighted by atomic mass is 10.0. The summed E-state index contributed by atoms with van der Waals surface area (Å²) in [7, 11) is 4.95. The van der Waals surface area contributed by atoms with Crippen LogP contribution in [-0.2, 0) is 14.3 Å². The van der Waals surface area contributed by atoms with Crippen molar-refractivity contribution in [3.63, 3.8) is 0 Å². The Labute approximate surface area is 191 Å². The summed E-state index contributed by atoms with van der Waals surface area (Å²) in [6, 6.07) is 5.38. The van der Waals surface area contributed by atoms with Gasteiger partial charge in [0.25, 0.3) is 5.91 Å². The van der Waals surface area contributed by atoms with Crippen LogP contribution < -0.4 is 10.1 Å². The van der Waals surface area contributed by atoms with Crippen LogP contribution in [0.5, 0.6) is 5.75 Å². The van der Waals surface area contributed by atoms with Gasteiger partial charge in [-0.05, 0) is 49.8 Å². The van der Waals surface area contributed by atoms with Gasteiger partial charge in [-0.25, -0.2) is 0 Å². The molecule has 3 atom stereocenters. The minimum atomic E-state index is -0.278. The molecule has 32 heavy (non-hydrogen) atoms. The van der Waals surface area contributed by atoms with Crippen molar-refractivity contribution in [2.45, 2.75) is 38.8 Å². The number of nitrogens with zero attached hydrogens (tertiary/aromatic N) is 2. The maximum absolute atomic E-state index is 13.3. The predicted octanol–water partition coefficient (Wildman–Crippen LogP) is 2.49. The van der Waals surface area contributed by atoms with Gasteiger partial charge in [-0.3, -0.25) is 14.5 Å². The molecule has 1 N–H and O–H groups in total. The van der Waals surface area contributed by atoms with Gasteiger partial charge in [0.05, 0.1) is 11.7 Å². The third kappa shape index (κ3) is 6.43. The molecule has 3 rings (SSSR count). The maximum Gasteiger partial charge on any atom is 0.257 e. The molecule has 1 aromatic rings. The number of nitrogens with one attached hydrogen (secondary N) is 1. The first-order valence-corrected chi connectivity index (χ1v) is 11.4. The first-order valence-electron chi connectivity index (χ1n) is 11.4. The minimum Gasteiger partial charge on any atom is -0.491 e. The second-order valence-electron chi connectivity index (χ2n) is 9.19. The Hall–Kier alpha value is -2.16. The predicted molar refractivity (Wildman–Crippen MR) is 123 cm³/mol. The van der Waals surface area contributed by atoms with Gasteiger partial charge >= 0.3 is 0 Å². The fourth-order valence-electron chi connectivity index (χ4n) is 4.14. The van der Waals surface area contributed by atoms with E-state index in [-0.39, 0.29) is 36.5 Å². The average Bonchev–Trinajstić information content (AvgIpc) is 3.58. The van der Waals surface area contributed by atoms with Gasteiger partial charge in [0, 0.05) is 52.6 Å². The number of hydrogen-bond acceptors (Lipinski definition) is 6. The molecule has 0 bridgehead atoms. The van der Waals surface area contributed by atoms with Crippen molar-refractivity contribution < 1.29 is 23.8 Å². The van der Waals surface area contributed by atoms with E-state index in [1.807, 2.05) is 0 Å². The Balaban J connectivity index is 1.89. The number of methoxy groups -OCH3 is 2. The molecular weight excluding hydrogens is 410 g/mol. The zero-order chi connectivity index (χ0) is 23.3. The molecule has 0 unspecified atom stereocenters. The first-order chi connectivity index (χ1) is 15.3. The topological polar surface area (TPSA) is 80.3 Å². The van der Waals surface area contributed by atoms with Crippen LogP contribution in [-0.4, -0.2) is 87.9 Å². The van der Waals surface area contributed by atoms with Crippen LogP contribution in [0.3, 0.4) is 0 Å². The van der Waals surface area contributed by atoms with E-state index >= 15 is 0 Å². The summed E-state index contributed by atoms with van der Waals surface area (Å²) in [4.78, 5) is 29.4. The number of hydrogen-bond donors (Lipinski definition) is 1. The molecule has 1 saturated carbocycles. The molecule has 1 fully saturated rings. The second-order valence-corrected chi connectivity index (χ2v) is 9.19. The van der Waals surface area contributed by atoms with Crippen molar-refractivity contribution in [2.75, 3.05) is 59.4 Å². The van der Waals surface area contributed by atoms with Crippen molar-refractivity contribution in [1.29, 1.82) is 0 Å². The third-order valence-corrected chi connectivity index (χ3v) is 6.32. The molecule has 0 spiro atoms. The fourth-order valence-corrected chi connectivity index (χ4v) is 4.14. The lowest BCUT2D eigenvalue weighted by Crippen LogP contribution is -2.47. The molecular formula is C24H37N3O5. The largest absolute Gasteiger partial charge is 0.491 e. The smallest absolute Gasteiger partial charge is 0.257 e. The van der Waals surface area contributed by atoms with Crippen molar-refractivity contribution in [2.24, 2.45) is 11.8 Å². The Morgan fingerprint density at radius 2 is 1.97 bits per heavy atom. The third-order valence-electron chi connectivity index (χ3n) is 6.32. The minimum absolute atomic E-state index is 0.0524. The zero-order valence-corrected chi connectivity index (χ0v) is 19.9. The number of amides is 2. The van der Waals surface area contributed by atoms with Gasteiger partial charge in [-0.1, -0.05) is 6.92 Å². The molecule has 1 heterocycles. The molecule has 1 aromatic carbocycles. The highest BCUT2D eigenvalue weighted by atomic mass is 16.5. The summed E-state index contributed by atoms with van der Waals surface area (Å²) < 4.78 is 16.8. The molecule has 2 amide bonds. The number of anilines is 1. The summed E-state index contributed by atoms with van der Waals surface area (Å²) >= 11 is 0. The van der Waals surface area contributed by atoms with Crippen LogP contribution in [0.1, 0.15) is 37.0 Å². The molecule has 2 aliphatic rings. The number of rotatable bonds is 6. The Kier molecular flexibility index (Phi) is 8.51. The Morgan fingerprint density at radius 3 is 2.62 bits per heavy atom. The number of ether oxygens (including phenoxy) is 3. The van der Waals surface area contributed by atoms with E-state index in [2.05, 4.69) is 24.1 Å². The van der Waals surface area contributed by atoms with Gasteiger partial charge in [-0.2, -0.15) is 0 Å². The van der Waals surface area contributed by atoms with Crippen molar-refractivity contribution >= 4 is 17.5 Å². The van der Waals surface area contributed by atoms with E-state index < -0.39 is 0 Å². The molecule has 0 saturated heterocycles. The molecule has 0 aromatic heterocycles. The van der Waals surface area contributed by atoms with Crippen LogP contribution in [0.2, 0.25) is 0 Å². The lowest BCUT2D eigenvalue weighted by molar-refractivity contribution is -0.119. The molecule has 1 aliphatic heterocycles. The summed E-state index contributed by atoms with van der Waals surface area (Å²) in [6.45, 7) is 7.23. The van der Waals surface area contributed by atoms with Crippen molar-refractivity contribution in [1.82, 2.24) is 9.80 Å². The summed E-state index contributed by atoms with van der Waals surface area (Å²) in [6.07, 6.45) is 2.51. The van der Waals surface area contributed by atoms with Crippen LogP contribution in [0.4, 0.5) is 5.69 Å². The van der Waals surface area contributed by atoms with E-state index in [1.54, 1.807) is 37.3 Å². The molecule has 1 aliphatic carbocycles. The number of carbonyl (C=O) groups is 2. The SMILES string of the molecule is COCC(=O)Nc1ccc2c(c1)C(=O)N(C)C[C@@H](OC)[C@H](C)CN(CC1CC1)[C@H](C)CO2. The monoisotopic (exact) mass is 447 g/mol. The molecule has 178 valence electrons. The normalized spacial score (nSPS) is 25.3. The molecule has 0 radical (unpaired) electrons. The van der Waals surface area contributed by atoms with E-state index in [4.69, 9.17) is 14.2 Å². The van der Waals surface area contributed by atoms with Gasteiger partial charge in [0.2, 0.25) is 5.91 Å². The summed E-state index contributed by atoms with van der Waals surface area (Å²) in [5, 5.41) is 2.76. The maximum atomic E-state index is 13.3. The number of fused-ring (bicyclic) bond motifs is 1. The van der Waals surface area contributed by atoms with Crippen molar-refractivity contribution in [3.05, 3.63) is 23.8 Å². The van der Waals surface area contributed by atoms with Crippen LogP contribution >= 0.6 is 0 Å². The average molecular weight is 448 g/mol. The molecule has 8 heteroatoms. The first kappa shape index (κ1) is 24.5. The highest BCUT2D eigenvalue weighted by molar-refractivity contribution is 5.99. The Morgan fingerprint density at radius 1 is 1.22 bits per heavy atom. The van der Waals surface area contributed by atoms with Crippen molar-refractivity contribution in [3.8, 4) is 5.75 Å². The number of likely N-dealkylation sites (N-methyl/N-ethyl adjacent to an activating group) is 1. The number of carbonyl (C=O) groups excluding carboxylic acids is 2. The van der Waals surface area contributed by atoms with Gasteiger partial charge < -0.3 is 24.4 Å². The molecule has 8 nitrogen and oxygen atoms in total. The zero-order valence-electron chi connectivity index (χ0n) is 19.9. The second kappa shape index (κ2) is 11.1. The highest BCUT2D eigenvalue weighted by Gasteiger charge is 2.31. The van der Waals surface area contributed by atoms with Crippen LogP contribution in [0.15, 0.2) is 18.2 Å². The number of benzene rings is 1. The van der Waals surface area contributed by atoms with E-state index in [0.29, 0.717) is 30.2 Å². The summed E-state index contributed by atoms with van der Waals surface area (Å²) in [5.74, 6) is 1.11. The quantitative estimate of drug-likeness (QED) is 0.722. The fraction of sp³-hybridized carbons (Fsp3) is 0.667. The van der Waals surface area contributed by atoms with E-state index in [1.165, 1.54) is 20.0 Å². The van der Waals surface area contributed by atoms with Crippen LogP contribution in [0, 0.1) is 11.8 Å². The lowest BCUT2D eigenvalue weighted by Gasteiger charge is -2.36. The van der Waals surface area contributed by atoms with E-state index in [9.17, 15) is 9.59 Å². The van der Waals surface area contributed by atoms with Gasteiger partial charge in [0.1, 0.15) is 19.0 Å². The summed E-state index contributed by atoms with van der Waals surface area (Å²) in [5.41, 5.74) is 0.954. The van der Waals surface area contributed by atoms with Crippen LogP contribution in [0.25, 0.3) is 0 Å².